The van der Waals surface area contributed by atoms with Gasteiger partial charge in [-0.05, 0) is 39.0 Å². The fraction of sp³-hybridized carbons (Fsp3) is 0.545. The molecule has 1 aliphatic rings. The molecule has 0 fully saturated rings. The number of aliphatic hydroxyl groups excluding tert-OH is 1. The molecule has 2 heterocycles. The molecular formula is C22H32N4O8S2. The molecule has 3 rings (SSSR count). The van der Waals surface area contributed by atoms with Crippen molar-refractivity contribution in [2.45, 2.75) is 44.7 Å². The molecule has 0 unspecified atom stereocenters. The standard InChI is InChI=1S/C22H32N4O8S2/c1-13-10-26(14(2)12-27)22(28)18-9-17(24-36(31,32)21-15(3)23-34-16(21)4)7-8-19(18)33-20(13)11-25(5)35(6,29)30/h7-9,13-14,20,24,27H,10-12H2,1-6H3/t13-,14-,20+/m1/s1. The number of rotatable bonds is 8. The third kappa shape index (κ3) is 5.82. The number of ether oxygens (including phenoxy) is 1. The van der Waals surface area contributed by atoms with E-state index >= 15 is 0 Å². The van der Waals surface area contributed by atoms with E-state index in [1.165, 1.54) is 48.3 Å². The molecule has 0 saturated carbocycles. The Kier molecular flexibility index (Phi) is 8.03. The summed E-state index contributed by atoms with van der Waals surface area (Å²) in [6.45, 7) is 6.45. The fourth-order valence-corrected chi connectivity index (χ4v) is 5.76. The molecule has 0 radical (unpaired) electrons. The summed E-state index contributed by atoms with van der Waals surface area (Å²) in [4.78, 5) is 14.9. The van der Waals surface area contributed by atoms with Crippen molar-refractivity contribution in [3.63, 3.8) is 0 Å². The van der Waals surface area contributed by atoms with Crippen LogP contribution in [0.5, 0.6) is 5.75 Å². The van der Waals surface area contributed by atoms with Crippen LogP contribution in [-0.2, 0) is 20.0 Å². The molecule has 1 aromatic heterocycles. The zero-order valence-corrected chi connectivity index (χ0v) is 22.7. The van der Waals surface area contributed by atoms with Crippen LogP contribution in [-0.4, -0.2) is 87.4 Å². The van der Waals surface area contributed by atoms with Gasteiger partial charge in [-0.1, -0.05) is 12.1 Å². The highest BCUT2D eigenvalue weighted by Gasteiger charge is 2.35. The number of anilines is 1. The number of amides is 1. The van der Waals surface area contributed by atoms with E-state index in [1.807, 2.05) is 6.92 Å². The SMILES string of the molecule is Cc1noc(C)c1S(=O)(=O)Nc1ccc2c(c1)C(=O)N([C@H](C)CO)C[C@@H](C)[C@H](CN(C)S(C)(=O)=O)O2. The molecule has 2 aromatic rings. The van der Waals surface area contributed by atoms with E-state index < -0.39 is 38.1 Å². The number of carbonyl (C=O) groups excluding carboxylic acids is 1. The van der Waals surface area contributed by atoms with Crippen molar-refractivity contribution in [3.05, 3.63) is 35.2 Å². The molecule has 2 N–H and O–H groups in total. The van der Waals surface area contributed by atoms with Gasteiger partial charge in [-0.15, -0.1) is 0 Å². The summed E-state index contributed by atoms with van der Waals surface area (Å²) >= 11 is 0. The fourth-order valence-electron chi connectivity index (χ4n) is 3.96. The van der Waals surface area contributed by atoms with Crippen LogP contribution in [0.1, 0.15) is 35.7 Å². The topological polar surface area (TPSA) is 159 Å². The minimum atomic E-state index is -4.06. The molecule has 1 aromatic carbocycles. The summed E-state index contributed by atoms with van der Waals surface area (Å²) in [5, 5.41) is 13.4. The van der Waals surface area contributed by atoms with Crippen molar-refractivity contribution in [1.82, 2.24) is 14.4 Å². The highest BCUT2D eigenvalue weighted by atomic mass is 32.2. The first-order chi connectivity index (χ1) is 16.7. The summed E-state index contributed by atoms with van der Waals surface area (Å²) in [6.07, 6.45) is 0.477. The Balaban J connectivity index is 2.04. The van der Waals surface area contributed by atoms with Gasteiger partial charge in [0, 0.05) is 25.2 Å². The quantitative estimate of drug-likeness (QED) is 0.498. The third-order valence-corrected chi connectivity index (χ3v) is 9.06. The maximum Gasteiger partial charge on any atom is 0.267 e. The molecule has 12 nitrogen and oxygen atoms in total. The van der Waals surface area contributed by atoms with Gasteiger partial charge in [0.05, 0.1) is 31.0 Å². The second-order valence-corrected chi connectivity index (χ2v) is 12.8. The van der Waals surface area contributed by atoms with Crippen molar-refractivity contribution in [2.75, 3.05) is 37.7 Å². The Labute approximate surface area is 211 Å². The Morgan fingerprint density at radius 3 is 2.50 bits per heavy atom. The number of fused-ring (bicyclic) bond motifs is 1. The van der Waals surface area contributed by atoms with Gasteiger partial charge >= 0.3 is 0 Å². The van der Waals surface area contributed by atoms with Crippen molar-refractivity contribution in [1.29, 1.82) is 0 Å². The highest BCUT2D eigenvalue weighted by molar-refractivity contribution is 7.92. The molecular weight excluding hydrogens is 512 g/mol. The van der Waals surface area contributed by atoms with E-state index in [4.69, 9.17) is 9.26 Å². The Morgan fingerprint density at radius 2 is 1.94 bits per heavy atom. The number of aliphatic hydroxyl groups is 1. The average Bonchev–Trinajstić information content (AvgIpc) is 3.13. The van der Waals surface area contributed by atoms with Crippen molar-refractivity contribution in [3.8, 4) is 5.75 Å². The number of carbonyl (C=O) groups is 1. The van der Waals surface area contributed by atoms with Gasteiger partial charge in [-0.2, -0.15) is 0 Å². The van der Waals surface area contributed by atoms with Crippen LogP contribution in [0.15, 0.2) is 27.6 Å². The van der Waals surface area contributed by atoms with Gasteiger partial charge in [0.2, 0.25) is 10.0 Å². The zero-order chi connectivity index (χ0) is 27.0. The number of sulfonamides is 2. The summed E-state index contributed by atoms with van der Waals surface area (Å²) in [5.74, 6) is -0.431. The lowest BCUT2D eigenvalue weighted by atomic mass is 9.99. The number of hydrogen-bond acceptors (Lipinski definition) is 9. The molecule has 14 heteroatoms. The predicted octanol–water partition coefficient (Wildman–Crippen LogP) is 1.20. The number of benzene rings is 1. The molecule has 0 saturated heterocycles. The minimum absolute atomic E-state index is 0.0371. The summed E-state index contributed by atoms with van der Waals surface area (Å²) < 4.78 is 64.7. The number of nitrogens with zero attached hydrogens (tertiary/aromatic N) is 3. The predicted molar refractivity (Wildman–Crippen MR) is 132 cm³/mol. The monoisotopic (exact) mass is 544 g/mol. The van der Waals surface area contributed by atoms with E-state index in [2.05, 4.69) is 9.88 Å². The molecule has 0 bridgehead atoms. The lowest BCUT2D eigenvalue weighted by molar-refractivity contribution is 0.0387. The molecule has 3 atom stereocenters. The minimum Gasteiger partial charge on any atom is -0.488 e. The molecule has 36 heavy (non-hydrogen) atoms. The van der Waals surface area contributed by atoms with Crippen LogP contribution in [0, 0.1) is 19.8 Å². The van der Waals surface area contributed by atoms with Crippen LogP contribution in [0.25, 0.3) is 0 Å². The largest absolute Gasteiger partial charge is 0.488 e. The first kappa shape index (κ1) is 27.9. The maximum absolute atomic E-state index is 13.5. The van der Waals surface area contributed by atoms with Gasteiger partial charge in [0.15, 0.2) is 10.7 Å². The number of hydrogen-bond donors (Lipinski definition) is 2. The van der Waals surface area contributed by atoms with Crippen LogP contribution >= 0.6 is 0 Å². The van der Waals surface area contributed by atoms with Crippen LogP contribution in [0.3, 0.4) is 0 Å². The van der Waals surface area contributed by atoms with Crippen molar-refractivity contribution >= 4 is 31.6 Å². The van der Waals surface area contributed by atoms with Crippen LogP contribution in [0.4, 0.5) is 5.69 Å². The normalized spacial score (nSPS) is 19.9. The van der Waals surface area contributed by atoms with Gasteiger partial charge in [-0.25, -0.2) is 21.1 Å². The summed E-state index contributed by atoms with van der Waals surface area (Å²) in [7, 11) is -6.10. The molecule has 200 valence electrons. The van der Waals surface area contributed by atoms with E-state index in [1.54, 1.807) is 6.92 Å². The Morgan fingerprint density at radius 1 is 1.28 bits per heavy atom. The summed E-state index contributed by atoms with van der Waals surface area (Å²) in [5.41, 5.74) is 0.384. The van der Waals surface area contributed by atoms with E-state index in [0.29, 0.717) is 0 Å². The number of nitrogens with one attached hydrogen (secondary N) is 1. The molecule has 0 spiro atoms. The maximum atomic E-state index is 13.5. The van der Waals surface area contributed by atoms with Gasteiger partial charge in [0.1, 0.15) is 17.5 Å². The number of aryl methyl sites for hydroxylation is 2. The lowest BCUT2D eigenvalue weighted by Crippen LogP contribution is -2.50. The summed E-state index contributed by atoms with van der Waals surface area (Å²) in [6, 6.07) is 3.73. The lowest BCUT2D eigenvalue weighted by Gasteiger charge is -2.38. The Hall–Kier alpha value is -2.68. The van der Waals surface area contributed by atoms with E-state index in [0.717, 1.165) is 6.26 Å². The first-order valence-corrected chi connectivity index (χ1v) is 14.6. The van der Waals surface area contributed by atoms with Crippen molar-refractivity contribution < 1.29 is 36.0 Å². The molecule has 1 aliphatic heterocycles. The average molecular weight is 545 g/mol. The van der Waals surface area contributed by atoms with Crippen molar-refractivity contribution in [2.24, 2.45) is 5.92 Å². The van der Waals surface area contributed by atoms with Gasteiger partial charge in [0.25, 0.3) is 15.9 Å². The Bertz CT molecular complexity index is 1320. The number of likely N-dealkylation sites (N-methyl/N-ethyl adjacent to an activating group) is 1. The van der Waals surface area contributed by atoms with Gasteiger partial charge in [-0.3, -0.25) is 9.52 Å². The van der Waals surface area contributed by atoms with Crippen LogP contribution in [0.2, 0.25) is 0 Å². The second kappa shape index (κ2) is 10.4. The van der Waals surface area contributed by atoms with E-state index in [9.17, 15) is 26.7 Å². The third-order valence-electron chi connectivity index (χ3n) is 6.16. The second-order valence-electron chi connectivity index (χ2n) is 9.14. The molecule has 0 aliphatic carbocycles. The van der Waals surface area contributed by atoms with Gasteiger partial charge < -0.3 is 19.3 Å². The first-order valence-electron chi connectivity index (χ1n) is 11.2. The zero-order valence-electron chi connectivity index (χ0n) is 21.0. The smallest absolute Gasteiger partial charge is 0.267 e. The number of aromatic nitrogens is 1. The highest BCUT2D eigenvalue weighted by Crippen LogP contribution is 2.32. The molecule has 1 amide bonds. The van der Waals surface area contributed by atoms with E-state index in [-0.39, 0.29) is 59.0 Å². The van der Waals surface area contributed by atoms with Crippen LogP contribution < -0.4 is 9.46 Å².